The fourth-order valence-electron chi connectivity index (χ4n) is 3.59. The molecular weight excluding hydrogens is 768 g/mol. The molecule has 5 unspecified atom stereocenters. The Kier molecular flexibility index (Phi) is 21.5. The maximum absolute atomic E-state index is 13.0. The van der Waals surface area contributed by atoms with Gasteiger partial charge in [-0.05, 0) is 25.0 Å². The number of ketones is 1. The van der Waals surface area contributed by atoms with Gasteiger partial charge in [-0.15, -0.1) is 0 Å². The molecule has 6 amide bonds. The number of methoxy groups -OCH3 is 1. The van der Waals surface area contributed by atoms with Crippen LogP contribution in [0.5, 0.6) is 0 Å². The molecule has 0 aliphatic heterocycles. The summed E-state index contributed by atoms with van der Waals surface area (Å²) in [5.41, 5.74) is 10.9. The number of hydrogen-bond donors (Lipinski definition) is 5. The standard InChI is InChI=1S/C29H41N7O11S.O.Tc/c1-14(2)23(36-27(43)22(30)26(42)32-11-20(38)34-18(13-48)24(31)40)28(44)33-15(3)25(41)35-17(10-21(39)46-4)19(37)12-47-29(45)16-8-6-5-7-9-16;;/h5-9,14-15,17-18,22-23H,10-13,30H2,1-4H3,(H8,31,32,33,34,35,36,38,40,41,42,43,44,48);;/q;;+3/p-3. The zero-order chi connectivity index (χ0) is 38.6. The SMILES string of the molecule is COC(=O)CC(NC(=O)C(C)NC(=O)C(NC(=O)C(N)C(=O)[N-]CC(=O)[N-]C(C[S-])C(N)=O)C(C)C)C(=O)COC(=O)c1ccccc1.[O]=[Tc+3]. The number of hydrogen-bond acceptors (Lipinski definition) is 14. The van der Waals surface area contributed by atoms with Crippen LogP contribution in [0.15, 0.2) is 30.3 Å². The molecule has 21 heteroatoms. The van der Waals surface area contributed by atoms with Crippen LogP contribution in [0, 0.1) is 5.92 Å². The number of Topliss-reactive ketones (excluding diaryl/α,β-unsaturated/α-hetero) is 1. The second-order valence-corrected chi connectivity index (χ2v) is 10.8. The molecular formula is C29H38N7O12STc. The molecule has 0 aromatic heterocycles. The third-order valence-corrected chi connectivity index (χ3v) is 6.68. The molecule has 1 rings (SSSR count). The van der Waals surface area contributed by atoms with Gasteiger partial charge in [-0.2, -0.15) is 5.75 Å². The topological polar surface area (TPSA) is 305 Å². The van der Waals surface area contributed by atoms with Crippen LogP contribution >= 0.6 is 0 Å². The Morgan fingerprint density at radius 2 is 1.50 bits per heavy atom. The van der Waals surface area contributed by atoms with Crippen molar-refractivity contribution in [1.82, 2.24) is 16.0 Å². The van der Waals surface area contributed by atoms with E-state index in [1.165, 1.54) is 19.1 Å². The number of nitrogens with two attached hydrogens (primary N) is 2. The Morgan fingerprint density at radius 1 is 0.900 bits per heavy atom. The molecule has 274 valence electrons. The van der Waals surface area contributed by atoms with Crippen LogP contribution in [0.3, 0.4) is 0 Å². The maximum atomic E-state index is 13.0. The van der Waals surface area contributed by atoms with Gasteiger partial charge in [0.1, 0.15) is 24.2 Å². The molecule has 0 spiro atoms. The number of carbonyl (C=O) groups excluding carboxylic acids is 9. The van der Waals surface area contributed by atoms with Gasteiger partial charge in [0.2, 0.25) is 23.6 Å². The van der Waals surface area contributed by atoms with Crippen molar-refractivity contribution in [3.8, 4) is 0 Å². The number of primary amides is 1. The third-order valence-electron chi connectivity index (χ3n) is 6.36. The first-order valence-electron chi connectivity index (χ1n) is 14.5. The molecule has 1 aromatic carbocycles. The summed E-state index contributed by atoms with van der Waals surface area (Å²) in [4.78, 5) is 111. The number of esters is 2. The molecule has 0 bridgehead atoms. The summed E-state index contributed by atoms with van der Waals surface area (Å²) in [6.07, 6.45) is -0.606. The molecule has 0 fully saturated rings. The van der Waals surface area contributed by atoms with Crippen LogP contribution in [0.25, 0.3) is 10.6 Å². The van der Waals surface area contributed by atoms with Crippen LogP contribution in [-0.4, -0.2) is 109 Å². The van der Waals surface area contributed by atoms with Crippen molar-refractivity contribution in [2.75, 3.05) is 26.0 Å². The number of ether oxygens (including phenoxy) is 2. The first-order valence-corrected chi connectivity index (χ1v) is 15.8. The fraction of sp³-hybridized carbons (Fsp3) is 0.483. The van der Waals surface area contributed by atoms with Crippen molar-refractivity contribution in [1.29, 1.82) is 0 Å². The summed E-state index contributed by atoms with van der Waals surface area (Å²) in [5.74, 6) is -9.46. The van der Waals surface area contributed by atoms with Gasteiger partial charge >= 0.3 is 34.3 Å². The summed E-state index contributed by atoms with van der Waals surface area (Å²) in [5, 5.41) is 13.8. The van der Waals surface area contributed by atoms with Crippen molar-refractivity contribution < 1.29 is 75.0 Å². The van der Waals surface area contributed by atoms with Gasteiger partial charge in [0.15, 0.2) is 12.4 Å². The van der Waals surface area contributed by atoms with Gasteiger partial charge in [0.05, 0.1) is 25.0 Å². The zero-order valence-corrected chi connectivity index (χ0v) is 30.1. The molecule has 0 saturated carbocycles. The predicted octanol–water partition coefficient (Wildman–Crippen LogP) is -2.49. The Labute approximate surface area is 303 Å². The molecule has 1 aromatic rings. The van der Waals surface area contributed by atoms with Crippen molar-refractivity contribution in [2.24, 2.45) is 17.4 Å². The van der Waals surface area contributed by atoms with E-state index in [0.29, 0.717) is 0 Å². The van der Waals surface area contributed by atoms with E-state index in [1.54, 1.807) is 32.0 Å². The Balaban J connectivity index is 0.0000118. The second kappa shape index (κ2) is 23.7. The van der Waals surface area contributed by atoms with Crippen LogP contribution in [0.4, 0.5) is 0 Å². The average molecular weight is 807 g/mol. The van der Waals surface area contributed by atoms with Gasteiger partial charge in [-0.25, -0.2) is 4.79 Å². The Morgan fingerprint density at radius 3 is 2.02 bits per heavy atom. The van der Waals surface area contributed by atoms with Gasteiger partial charge in [-0.3, -0.25) is 28.8 Å². The summed E-state index contributed by atoms with van der Waals surface area (Å²) < 4.78 is 17.8. The van der Waals surface area contributed by atoms with Gasteiger partial charge in [0.25, 0.3) is 0 Å². The van der Waals surface area contributed by atoms with Gasteiger partial charge in [-0.1, -0.05) is 44.6 Å². The molecule has 0 aliphatic rings. The van der Waals surface area contributed by atoms with Crippen LogP contribution in [-0.2, 0) is 82.8 Å². The summed E-state index contributed by atoms with van der Waals surface area (Å²) in [6, 6.07) is 0.432. The van der Waals surface area contributed by atoms with Crippen molar-refractivity contribution in [2.45, 2.75) is 57.4 Å². The number of rotatable bonds is 19. The molecule has 0 aliphatic carbocycles. The monoisotopic (exact) mass is 805 g/mol. The Hall–Kier alpha value is -4.59. The van der Waals surface area contributed by atoms with E-state index in [1.807, 2.05) is 0 Å². The van der Waals surface area contributed by atoms with Crippen molar-refractivity contribution >= 4 is 65.8 Å². The molecule has 0 heterocycles. The number of benzene rings is 1. The minimum absolute atomic E-state index is 0.173. The molecule has 0 saturated heterocycles. The van der Waals surface area contributed by atoms with E-state index >= 15 is 0 Å². The quantitative estimate of drug-likeness (QED) is 0.0549. The molecule has 7 N–H and O–H groups in total. The van der Waals surface area contributed by atoms with E-state index < -0.39 is 109 Å². The molecule has 50 heavy (non-hydrogen) atoms. The van der Waals surface area contributed by atoms with Crippen LogP contribution in [0.2, 0.25) is 0 Å². The van der Waals surface area contributed by atoms with Gasteiger partial charge < -0.3 is 69.7 Å². The number of amides is 6. The number of nitrogens with zero attached hydrogens (tertiary/aromatic N) is 2. The van der Waals surface area contributed by atoms with E-state index in [9.17, 15) is 43.2 Å². The van der Waals surface area contributed by atoms with Crippen LogP contribution in [0.1, 0.15) is 37.6 Å². The van der Waals surface area contributed by atoms with E-state index in [0.717, 1.165) is 26.0 Å². The zero-order valence-electron chi connectivity index (χ0n) is 27.4. The summed E-state index contributed by atoms with van der Waals surface area (Å²) in [6.45, 7) is 2.72. The molecule has 19 nitrogen and oxygen atoms in total. The van der Waals surface area contributed by atoms with E-state index in [2.05, 4.69) is 43.9 Å². The molecule has 0 radical (unpaired) electrons. The first kappa shape index (κ1) is 45.4. The normalized spacial score (nSPS) is 13.2. The number of nitrogens with one attached hydrogen (secondary N) is 3. The van der Waals surface area contributed by atoms with Crippen LogP contribution < -0.4 is 27.4 Å². The summed E-state index contributed by atoms with van der Waals surface area (Å²) in [7, 11) is 1.07. The van der Waals surface area contributed by atoms with E-state index in [4.69, 9.17) is 19.7 Å². The Bertz CT molecular complexity index is 1390. The number of carbonyl (C=O) groups is 9. The summed E-state index contributed by atoms with van der Waals surface area (Å²) >= 11 is 5.56. The minimum atomic E-state index is -1.93. The first-order chi connectivity index (χ1) is 23.5. The molecule has 5 atom stereocenters. The fourth-order valence-corrected chi connectivity index (χ4v) is 3.83. The van der Waals surface area contributed by atoms with Crippen molar-refractivity contribution in [3.05, 3.63) is 46.5 Å². The second-order valence-electron chi connectivity index (χ2n) is 10.5. The van der Waals surface area contributed by atoms with E-state index in [-0.39, 0.29) is 11.3 Å². The van der Waals surface area contributed by atoms with Gasteiger partial charge in [0, 0.05) is 5.91 Å². The van der Waals surface area contributed by atoms with Crippen molar-refractivity contribution in [3.63, 3.8) is 0 Å². The third kappa shape index (κ3) is 16.2. The predicted molar refractivity (Wildman–Crippen MR) is 170 cm³/mol. The average Bonchev–Trinajstić information content (AvgIpc) is 3.10.